The van der Waals surface area contributed by atoms with Gasteiger partial charge in [0, 0.05) is 18.2 Å². The summed E-state index contributed by atoms with van der Waals surface area (Å²) in [7, 11) is 1.35. The SMILES string of the molecule is COC(=O)c1ccn2c(Cc3ccccc3O)ncc2c1. The number of fused-ring (bicyclic) bond motifs is 1. The Labute approximate surface area is 121 Å². The van der Waals surface area contributed by atoms with Crippen LogP contribution in [0, 0.1) is 0 Å². The first-order valence-corrected chi connectivity index (χ1v) is 6.50. The molecule has 0 spiro atoms. The largest absolute Gasteiger partial charge is 0.508 e. The number of hydrogen-bond donors (Lipinski definition) is 1. The second kappa shape index (κ2) is 5.28. The van der Waals surface area contributed by atoms with E-state index in [2.05, 4.69) is 4.98 Å². The van der Waals surface area contributed by atoms with E-state index in [1.165, 1.54) is 7.11 Å². The van der Waals surface area contributed by atoms with Crippen LogP contribution in [0.15, 0.2) is 48.8 Å². The van der Waals surface area contributed by atoms with Gasteiger partial charge in [-0.25, -0.2) is 9.78 Å². The lowest BCUT2D eigenvalue weighted by atomic mass is 10.1. The van der Waals surface area contributed by atoms with E-state index in [0.29, 0.717) is 12.0 Å². The highest BCUT2D eigenvalue weighted by molar-refractivity contribution is 5.90. The molecule has 0 unspecified atom stereocenters. The number of methoxy groups -OCH3 is 1. The van der Waals surface area contributed by atoms with Crippen molar-refractivity contribution in [2.75, 3.05) is 7.11 Å². The standard InChI is InChI=1S/C16H14N2O3/c1-21-16(20)12-6-7-18-13(8-12)10-17-15(18)9-11-4-2-3-5-14(11)19/h2-8,10,19H,9H2,1H3. The normalized spacial score (nSPS) is 10.7. The first-order chi connectivity index (χ1) is 10.2. The number of hydrogen-bond acceptors (Lipinski definition) is 4. The van der Waals surface area contributed by atoms with Crippen molar-refractivity contribution < 1.29 is 14.6 Å². The van der Waals surface area contributed by atoms with Crippen molar-refractivity contribution in [3.05, 3.63) is 65.7 Å². The van der Waals surface area contributed by atoms with Gasteiger partial charge in [0.05, 0.1) is 24.4 Å². The molecule has 3 rings (SSSR count). The highest BCUT2D eigenvalue weighted by Crippen LogP contribution is 2.20. The summed E-state index contributed by atoms with van der Waals surface area (Å²) in [5, 5.41) is 9.83. The molecule has 1 aromatic carbocycles. The Morgan fingerprint density at radius 2 is 2.14 bits per heavy atom. The molecule has 0 aliphatic heterocycles. The van der Waals surface area contributed by atoms with Crippen LogP contribution >= 0.6 is 0 Å². The van der Waals surface area contributed by atoms with E-state index in [-0.39, 0.29) is 11.7 Å². The quantitative estimate of drug-likeness (QED) is 0.749. The molecule has 2 aromatic heterocycles. The average molecular weight is 282 g/mol. The fourth-order valence-corrected chi connectivity index (χ4v) is 2.26. The lowest BCUT2D eigenvalue weighted by molar-refractivity contribution is 0.0600. The van der Waals surface area contributed by atoms with Gasteiger partial charge in [-0.1, -0.05) is 18.2 Å². The Bertz CT molecular complexity index is 808. The number of rotatable bonds is 3. The number of nitrogens with zero attached hydrogens (tertiary/aromatic N) is 2. The predicted octanol–water partition coefficient (Wildman–Crippen LogP) is 2.42. The average Bonchev–Trinajstić information content (AvgIpc) is 2.91. The summed E-state index contributed by atoms with van der Waals surface area (Å²) in [5.41, 5.74) is 2.10. The number of esters is 1. The van der Waals surface area contributed by atoms with E-state index >= 15 is 0 Å². The highest BCUT2D eigenvalue weighted by Gasteiger charge is 2.10. The van der Waals surface area contributed by atoms with Gasteiger partial charge in [-0.05, 0) is 18.2 Å². The van der Waals surface area contributed by atoms with E-state index in [0.717, 1.165) is 16.9 Å². The summed E-state index contributed by atoms with van der Waals surface area (Å²) in [6.45, 7) is 0. The zero-order valence-corrected chi connectivity index (χ0v) is 11.5. The number of pyridine rings is 1. The third kappa shape index (κ3) is 2.45. The van der Waals surface area contributed by atoms with Gasteiger partial charge in [-0.15, -0.1) is 0 Å². The number of imidazole rings is 1. The Kier molecular flexibility index (Phi) is 3.31. The second-order valence-corrected chi connectivity index (χ2v) is 4.68. The zero-order chi connectivity index (χ0) is 14.8. The van der Waals surface area contributed by atoms with Crippen LogP contribution in [0.3, 0.4) is 0 Å². The molecule has 2 heterocycles. The van der Waals surface area contributed by atoms with Crippen LogP contribution in [0.2, 0.25) is 0 Å². The number of ether oxygens (including phenoxy) is 1. The highest BCUT2D eigenvalue weighted by atomic mass is 16.5. The van der Waals surface area contributed by atoms with E-state index in [1.54, 1.807) is 36.7 Å². The van der Waals surface area contributed by atoms with Gasteiger partial charge in [-0.2, -0.15) is 0 Å². The number of carbonyl (C=O) groups excluding carboxylic acids is 1. The number of para-hydroxylation sites is 1. The van der Waals surface area contributed by atoms with Crippen molar-refractivity contribution in [2.24, 2.45) is 0 Å². The number of aromatic nitrogens is 2. The van der Waals surface area contributed by atoms with Crippen molar-refractivity contribution in [1.82, 2.24) is 9.38 Å². The van der Waals surface area contributed by atoms with Crippen LogP contribution in [-0.4, -0.2) is 27.6 Å². The third-order valence-electron chi connectivity index (χ3n) is 3.37. The van der Waals surface area contributed by atoms with Crippen molar-refractivity contribution in [3.8, 4) is 5.75 Å². The molecular weight excluding hydrogens is 268 g/mol. The zero-order valence-electron chi connectivity index (χ0n) is 11.5. The van der Waals surface area contributed by atoms with Gasteiger partial charge < -0.3 is 14.2 Å². The van der Waals surface area contributed by atoms with Gasteiger partial charge in [0.2, 0.25) is 0 Å². The summed E-state index contributed by atoms with van der Waals surface area (Å²) in [6.07, 6.45) is 3.99. The van der Waals surface area contributed by atoms with Crippen LogP contribution in [0.5, 0.6) is 5.75 Å². The molecule has 0 aliphatic carbocycles. The molecule has 0 fully saturated rings. The van der Waals surface area contributed by atoms with Crippen LogP contribution < -0.4 is 0 Å². The molecule has 0 atom stereocenters. The summed E-state index contributed by atoms with van der Waals surface area (Å²) in [5.74, 6) is 0.671. The van der Waals surface area contributed by atoms with Gasteiger partial charge in [-0.3, -0.25) is 0 Å². The number of carbonyl (C=O) groups is 1. The van der Waals surface area contributed by atoms with E-state index < -0.39 is 0 Å². The molecule has 5 heteroatoms. The molecule has 3 aromatic rings. The predicted molar refractivity (Wildman–Crippen MR) is 77.4 cm³/mol. The number of phenolic OH excluding ortho intramolecular Hbond substituents is 1. The van der Waals surface area contributed by atoms with Gasteiger partial charge in [0.25, 0.3) is 0 Å². The smallest absolute Gasteiger partial charge is 0.337 e. The fraction of sp³-hybridized carbons (Fsp3) is 0.125. The molecule has 0 amide bonds. The van der Waals surface area contributed by atoms with E-state index in [4.69, 9.17) is 4.74 Å². The van der Waals surface area contributed by atoms with Crippen LogP contribution in [0.1, 0.15) is 21.7 Å². The first-order valence-electron chi connectivity index (χ1n) is 6.50. The minimum absolute atomic E-state index is 0.250. The van der Waals surface area contributed by atoms with Gasteiger partial charge in [0.15, 0.2) is 0 Å². The molecule has 0 saturated heterocycles. The Morgan fingerprint density at radius 1 is 1.33 bits per heavy atom. The van der Waals surface area contributed by atoms with E-state index in [1.807, 2.05) is 16.5 Å². The topological polar surface area (TPSA) is 63.8 Å². The summed E-state index contributed by atoms with van der Waals surface area (Å²) < 4.78 is 6.59. The minimum Gasteiger partial charge on any atom is -0.508 e. The lowest BCUT2D eigenvalue weighted by Crippen LogP contribution is -2.03. The van der Waals surface area contributed by atoms with Crippen LogP contribution in [0.4, 0.5) is 0 Å². The van der Waals surface area contributed by atoms with Crippen molar-refractivity contribution in [2.45, 2.75) is 6.42 Å². The molecule has 1 N–H and O–H groups in total. The first kappa shape index (κ1) is 13.2. The summed E-state index contributed by atoms with van der Waals surface area (Å²) in [6, 6.07) is 10.6. The Balaban J connectivity index is 1.98. The van der Waals surface area contributed by atoms with Gasteiger partial charge in [0.1, 0.15) is 11.6 Å². The minimum atomic E-state index is -0.374. The molecule has 5 nitrogen and oxygen atoms in total. The van der Waals surface area contributed by atoms with Crippen molar-refractivity contribution in [3.63, 3.8) is 0 Å². The molecule has 21 heavy (non-hydrogen) atoms. The van der Waals surface area contributed by atoms with E-state index in [9.17, 15) is 9.90 Å². The van der Waals surface area contributed by atoms with Crippen LogP contribution in [-0.2, 0) is 11.2 Å². The lowest BCUT2D eigenvalue weighted by Gasteiger charge is -2.05. The number of aromatic hydroxyl groups is 1. The molecule has 0 radical (unpaired) electrons. The second-order valence-electron chi connectivity index (χ2n) is 4.68. The summed E-state index contributed by atoms with van der Waals surface area (Å²) >= 11 is 0. The fourth-order valence-electron chi connectivity index (χ4n) is 2.26. The van der Waals surface area contributed by atoms with Crippen molar-refractivity contribution >= 4 is 11.5 Å². The maximum absolute atomic E-state index is 11.5. The molecule has 0 aliphatic rings. The molecular formula is C16H14N2O3. The number of benzene rings is 1. The summed E-state index contributed by atoms with van der Waals surface area (Å²) in [4.78, 5) is 15.9. The van der Waals surface area contributed by atoms with Crippen molar-refractivity contribution in [1.29, 1.82) is 0 Å². The Morgan fingerprint density at radius 3 is 2.90 bits per heavy atom. The molecule has 0 saturated carbocycles. The van der Waals surface area contributed by atoms with Crippen LogP contribution in [0.25, 0.3) is 5.52 Å². The number of phenols is 1. The molecule has 0 bridgehead atoms. The van der Waals surface area contributed by atoms with Gasteiger partial charge >= 0.3 is 5.97 Å². The third-order valence-corrected chi connectivity index (χ3v) is 3.37. The monoisotopic (exact) mass is 282 g/mol. The maximum atomic E-state index is 11.5. The maximum Gasteiger partial charge on any atom is 0.337 e. The molecule has 106 valence electrons. The Hall–Kier alpha value is -2.82.